The van der Waals surface area contributed by atoms with Crippen molar-refractivity contribution in [3.8, 4) is 17.2 Å². The first kappa shape index (κ1) is 21.6. The Morgan fingerprint density at radius 3 is 2.58 bits per heavy atom. The molecule has 2 aliphatic heterocycles. The van der Waals surface area contributed by atoms with Crippen LogP contribution < -0.4 is 5.32 Å². The zero-order valence-corrected chi connectivity index (χ0v) is 18.5. The standard InChI is InChI=1S/C25H22FN3O3S/c26-19-5-7-20(8-6-19)33(31,32)29-11-10-21-24(15-30)28-23-9-4-18(13-22(23)25(21)29)17-3-1-2-16(12-17)14-27/h1-9,12-13,21,24-25,28,30H,10-11,15H2/t21-,24-,25-/m0/s1. The molecule has 0 spiro atoms. The number of nitrogens with one attached hydrogen (secondary N) is 1. The normalized spacial score (nSPS) is 22.2. The van der Waals surface area contributed by atoms with Crippen molar-refractivity contribution in [2.75, 3.05) is 18.5 Å². The third-order valence-electron chi connectivity index (χ3n) is 6.57. The van der Waals surface area contributed by atoms with Gasteiger partial charge in [-0.2, -0.15) is 9.57 Å². The lowest BCUT2D eigenvalue weighted by Gasteiger charge is -2.39. The van der Waals surface area contributed by atoms with Gasteiger partial charge in [0.05, 0.1) is 35.2 Å². The second-order valence-electron chi connectivity index (χ2n) is 8.40. The Morgan fingerprint density at radius 1 is 1.09 bits per heavy atom. The molecule has 3 aromatic rings. The predicted molar refractivity (Wildman–Crippen MR) is 122 cm³/mol. The molecule has 0 aromatic heterocycles. The summed E-state index contributed by atoms with van der Waals surface area (Å²) in [5, 5.41) is 22.6. The maximum Gasteiger partial charge on any atom is 0.243 e. The minimum Gasteiger partial charge on any atom is -0.394 e. The van der Waals surface area contributed by atoms with Gasteiger partial charge in [-0.25, -0.2) is 12.8 Å². The van der Waals surface area contributed by atoms with Crippen molar-refractivity contribution in [3.05, 3.63) is 83.7 Å². The molecule has 0 saturated carbocycles. The van der Waals surface area contributed by atoms with E-state index < -0.39 is 21.9 Å². The third kappa shape index (κ3) is 3.68. The molecular weight excluding hydrogens is 441 g/mol. The molecule has 33 heavy (non-hydrogen) atoms. The highest BCUT2D eigenvalue weighted by Gasteiger charge is 2.48. The minimum atomic E-state index is -3.87. The van der Waals surface area contributed by atoms with Crippen molar-refractivity contribution in [1.29, 1.82) is 5.26 Å². The fourth-order valence-corrected chi connectivity index (χ4v) is 6.65. The highest BCUT2D eigenvalue weighted by molar-refractivity contribution is 7.89. The van der Waals surface area contributed by atoms with Gasteiger partial charge < -0.3 is 10.4 Å². The van der Waals surface area contributed by atoms with Crippen LogP contribution in [-0.4, -0.2) is 37.0 Å². The van der Waals surface area contributed by atoms with Crippen LogP contribution in [0.3, 0.4) is 0 Å². The second-order valence-corrected chi connectivity index (χ2v) is 10.3. The monoisotopic (exact) mass is 463 g/mol. The fourth-order valence-electron chi connectivity index (χ4n) is 4.98. The SMILES string of the molecule is N#Cc1cccc(-c2ccc3c(c2)[C@@H]2[C@@H](CCN2S(=O)(=O)c2ccc(F)cc2)[C@H](CO)N3)c1. The number of rotatable bonds is 4. The summed E-state index contributed by atoms with van der Waals surface area (Å²) in [6, 6.07) is 19.3. The molecule has 0 unspecified atom stereocenters. The van der Waals surface area contributed by atoms with E-state index in [1.54, 1.807) is 12.1 Å². The molecule has 1 saturated heterocycles. The van der Waals surface area contributed by atoms with Crippen molar-refractivity contribution in [3.63, 3.8) is 0 Å². The van der Waals surface area contributed by atoms with Crippen molar-refractivity contribution >= 4 is 15.7 Å². The molecular formula is C25H22FN3O3S. The van der Waals surface area contributed by atoms with Crippen LogP contribution in [0.25, 0.3) is 11.1 Å². The molecule has 168 valence electrons. The summed E-state index contributed by atoms with van der Waals surface area (Å²) in [5.41, 5.74) is 3.89. The number of sulfonamides is 1. The van der Waals surface area contributed by atoms with E-state index in [4.69, 9.17) is 0 Å². The summed E-state index contributed by atoms with van der Waals surface area (Å²) in [6.07, 6.45) is 0.594. The van der Waals surface area contributed by atoms with E-state index >= 15 is 0 Å². The van der Waals surface area contributed by atoms with E-state index in [-0.39, 0.29) is 23.5 Å². The van der Waals surface area contributed by atoms with Crippen molar-refractivity contribution in [2.45, 2.75) is 23.4 Å². The maximum atomic E-state index is 13.5. The molecule has 3 atom stereocenters. The zero-order valence-electron chi connectivity index (χ0n) is 17.6. The van der Waals surface area contributed by atoms with E-state index in [1.165, 1.54) is 16.4 Å². The van der Waals surface area contributed by atoms with Crippen LogP contribution in [-0.2, 0) is 10.0 Å². The number of hydrogen-bond acceptors (Lipinski definition) is 5. The summed E-state index contributed by atoms with van der Waals surface area (Å²) in [7, 11) is -3.87. The van der Waals surface area contributed by atoms with Gasteiger partial charge in [0, 0.05) is 18.2 Å². The second kappa shape index (κ2) is 8.27. The Kier molecular flexibility index (Phi) is 5.41. The summed E-state index contributed by atoms with van der Waals surface area (Å²) in [4.78, 5) is 0.0445. The first-order valence-electron chi connectivity index (χ1n) is 10.7. The quantitative estimate of drug-likeness (QED) is 0.612. The summed E-state index contributed by atoms with van der Waals surface area (Å²) in [6.45, 7) is 0.192. The van der Waals surface area contributed by atoms with Gasteiger partial charge in [-0.3, -0.25) is 0 Å². The van der Waals surface area contributed by atoms with Gasteiger partial charge in [0.25, 0.3) is 0 Å². The van der Waals surface area contributed by atoms with E-state index in [2.05, 4.69) is 11.4 Å². The van der Waals surface area contributed by atoms with Crippen LogP contribution in [0.5, 0.6) is 0 Å². The van der Waals surface area contributed by atoms with Gasteiger partial charge in [-0.15, -0.1) is 0 Å². The van der Waals surface area contributed by atoms with Crippen LogP contribution in [0, 0.1) is 23.1 Å². The van der Waals surface area contributed by atoms with Gasteiger partial charge in [0.2, 0.25) is 10.0 Å². The number of hydrogen-bond donors (Lipinski definition) is 2. The topological polar surface area (TPSA) is 93.4 Å². The largest absolute Gasteiger partial charge is 0.394 e. The molecule has 2 heterocycles. The fraction of sp³-hybridized carbons (Fsp3) is 0.240. The van der Waals surface area contributed by atoms with Gasteiger partial charge in [-0.05, 0) is 71.6 Å². The molecule has 1 fully saturated rings. The molecule has 2 aliphatic rings. The lowest BCUT2D eigenvalue weighted by Crippen LogP contribution is -2.42. The third-order valence-corrected chi connectivity index (χ3v) is 8.46. The Labute approximate surface area is 192 Å². The molecule has 8 heteroatoms. The summed E-state index contributed by atoms with van der Waals surface area (Å²) >= 11 is 0. The number of aliphatic hydroxyl groups excluding tert-OH is 1. The van der Waals surface area contributed by atoms with Crippen molar-refractivity contribution < 1.29 is 17.9 Å². The number of nitrogens with zero attached hydrogens (tertiary/aromatic N) is 2. The van der Waals surface area contributed by atoms with E-state index in [9.17, 15) is 23.2 Å². The van der Waals surface area contributed by atoms with Crippen LogP contribution in [0.1, 0.15) is 23.6 Å². The van der Waals surface area contributed by atoms with E-state index in [0.29, 0.717) is 18.5 Å². The Hall–Kier alpha value is -3.25. The number of aliphatic hydroxyl groups is 1. The Morgan fingerprint density at radius 2 is 1.85 bits per heavy atom. The number of nitriles is 1. The zero-order chi connectivity index (χ0) is 23.2. The highest BCUT2D eigenvalue weighted by Crippen LogP contribution is 2.49. The number of anilines is 1. The van der Waals surface area contributed by atoms with Gasteiger partial charge >= 0.3 is 0 Å². The molecule has 0 amide bonds. The van der Waals surface area contributed by atoms with Crippen LogP contribution >= 0.6 is 0 Å². The van der Waals surface area contributed by atoms with E-state index in [0.717, 1.165) is 34.5 Å². The van der Waals surface area contributed by atoms with Crippen LogP contribution in [0.4, 0.5) is 10.1 Å². The molecule has 5 rings (SSSR count). The Balaban J connectivity index is 1.61. The molecule has 6 nitrogen and oxygen atoms in total. The average molecular weight is 464 g/mol. The molecule has 2 N–H and O–H groups in total. The number of benzene rings is 3. The predicted octanol–water partition coefficient (Wildman–Crippen LogP) is 3.90. The summed E-state index contributed by atoms with van der Waals surface area (Å²) in [5.74, 6) is -0.608. The van der Waals surface area contributed by atoms with Crippen molar-refractivity contribution in [2.24, 2.45) is 5.92 Å². The molecule has 0 radical (unpaired) electrons. The average Bonchev–Trinajstić information content (AvgIpc) is 3.30. The molecule has 0 bridgehead atoms. The van der Waals surface area contributed by atoms with Crippen LogP contribution in [0.2, 0.25) is 0 Å². The molecule has 3 aromatic carbocycles. The van der Waals surface area contributed by atoms with Gasteiger partial charge in [0.15, 0.2) is 0 Å². The first-order chi connectivity index (χ1) is 15.9. The van der Waals surface area contributed by atoms with Crippen molar-refractivity contribution in [1.82, 2.24) is 4.31 Å². The molecule has 0 aliphatic carbocycles. The minimum absolute atomic E-state index is 0.0445. The van der Waals surface area contributed by atoms with Gasteiger partial charge in [0.1, 0.15) is 5.82 Å². The lowest BCUT2D eigenvalue weighted by atomic mass is 9.82. The first-order valence-corrected chi connectivity index (χ1v) is 12.2. The lowest BCUT2D eigenvalue weighted by molar-refractivity contribution is 0.210. The highest BCUT2D eigenvalue weighted by atomic mass is 32.2. The number of fused-ring (bicyclic) bond motifs is 3. The maximum absolute atomic E-state index is 13.5. The Bertz CT molecular complexity index is 1350. The summed E-state index contributed by atoms with van der Waals surface area (Å²) < 4.78 is 41.9. The number of halogens is 1. The van der Waals surface area contributed by atoms with E-state index in [1.807, 2.05) is 30.3 Å². The smallest absolute Gasteiger partial charge is 0.243 e. The van der Waals surface area contributed by atoms with Gasteiger partial charge in [-0.1, -0.05) is 18.2 Å². The van der Waals surface area contributed by atoms with Crippen LogP contribution in [0.15, 0.2) is 71.6 Å².